The Morgan fingerprint density at radius 1 is 0.885 bits per heavy atom. The molecule has 1 saturated heterocycles. The first-order valence-electron chi connectivity index (χ1n) is 8.42. The van der Waals surface area contributed by atoms with Crippen LogP contribution in [0, 0.1) is 0 Å². The Bertz CT molecular complexity index is 947. The Kier molecular flexibility index (Phi) is 4.31. The van der Waals surface area contributed by atoms with Crippen molar-refractivity contribution in [1.82, 2.24) is 9.47 Å². The van der Waals surface area contributed by atoms with Crippen molar-refractivity contribution in [1.29, 1.82) is 0 Å². The Morgan fingerprint density at radius 2 is 1.50 bits per heavy atom. The fourth-order valence-corrected chi connectivity index (χ4v) is 3.08. The number of carbonyl (C=O) groups excluding carboxylic acids is 1. The summed E-state index contributed by atoms with van der Waals surface area (Å²) >= 11 is 0. The number of hydrogen-bond donors (Lipinski definition) is 0. The van der Waals surface area contributed by atoms with Crippen LogP contribution in [0.2, 0.25) is 0 Å². The number of ether oxygens (including phenoxy) is 1. The minimum atomic E-state index is -0.442. The van der Waals surface area contributed by atoms with Gasteiger partial charge in [0.25, 0.3) is 0 Å². The number of benzene rings is 2. The van der Waals surface area contributed by atoms with Gasteiger partial charge in [0.2, 0.25) is 0 Å². The largest absolute Gasteiger partial charge is 0.447 e. The third-order valence-electron chi connectivity index (χ3n) is 4.42. The monoisotopic (exact) mass is 350 g/mol. The van der Waals surface area contributed by atoms with Gasteiger partial charge in [-0.25, -0.2) is 9.59 Å². The van der Waals surface area contributed by atoms with Crippen LogP contribution in [0.1, 0.15) is 22.9 Å². The van der Waals surface area contributed by atoms with Crippen molar-refractivity contribution >= 4 is 6.09 Å². The topological polar surface area (TPSA) is 64.7 Å². The Hall–Kier alpha value is -3.28. The van der Waals surface area contributed by atoms with Gasteiger partial charge in [0.15, 0.2) is 5.76 Å². The van der Waals surface area contributed by atoms with E-state index in [1.54, 1.807) is 11.1 Å². The van der Waals surface area contributed by atoms with Crippen molar-refractivity contribution in [3.8, 4) is 0 Å². The highest BCUT2D eigenvalue weighted by Crippen LogP contribution is 2.29. The second-order valence-corrected chi connectivity index (χ2v) is 6.22. The molecule has 0 saturated carbocycles. The smallest absolute Gasteiger partial charge is 0.419 e. The van der Waals surface area contributed by atoms with E-state index < -0.39 is 17.9 Å². The fraction of sp³-hybridized carbons (Fsp3) is 0.200. The number of amides is 1. The minimum Gasteiger partial charge on any atom is -0.447 e. The van der Waals surface area contributed by atoms with Gasteiger partial charge < -0.3 is 9.15 Å². The highest BCUT2D eigenvalue weighted by Gasteiger charge is 2.36. The molecule has 132 valence electrons. The summed E-state index contributed by atoms with van der Waals surface area (Å²) in [6, 6.07) is 18.9. The third kappa shape index (κ3) is 3.26. The van der Waals surface area contributed by atoms with Crippen molar-refractivity contribution in [3.05, 3.63) is 94.3 Å². The van der Waals surface area contributed by atoms with Gasteiger partial charge in [0.05, 0.1) is 12.7 Å². The molecule has 6 heteroatoms. The standard InChI is InChI=1S/C20H18N2O4/c23-19-21(11-15-7-3-1-4-8-15)13-18(26-19)17-14-25-20(24)22(17)12-16-9-5-2-6-10-16/h1-10,13,17H,11-12,14H2. The Labute approximate surface area is 150 Å². The zero-order chi connectivity index (χ0) is 17.9. The summed E-state index contributed by atoms with van der Waals surface area (Å²) in [5, 5.41) is 0. The molecule has 4 rings (SSSR count). The van der Waals surface area contributed by atoms with E-state index in [0.717, 1.165) is 11.1 Å². The van der Waals surface area contributed by atoms with Gasteiger partial charge >= 0.3 is 11.8 Å². The second kappa shape index (κ2) is 6.92. The van der Waals surface area contributed by atoms with Gasteiger partial charge in [0.1, 0.15) is 12.6 Å². The van der Waals surface area contributed by atoms with Crippen molar-refractivity contribution in [2.45, 2.75) is 19.1 Å². The molecule has 1 aliphatic rings. The molecular formula is C20H18N2O4. The van der Waals surface area contributed by atoms with Crippen molar-refractivity contribution in [3.63, 3.8) is 0 Å². The molecule has 0 aliphatic carbocycles. The molecular weight excluding hydrogens is 332 g/mol. The normalized spacial score (nSPS) is 16.7. The molecule has 0 bridgehead atoms. The summed E-state index contributed by atoms with van der Waals surface area (Å²) in [4.78, 5) is 25.9. The molecule has 1 fully saturated rings. The van der Waals surface area contributed by atoms with Crippen molar-refractivity contribution in [2.75, 3.05) is 6.61 Å². The molecule has 3 aromatic rings. The number of cyclic esters (lactones) is 1. The van der Waals surface area contributed by atoms with Crippen LogP contribution in [-0.2, 0) is 17.8 Å². The van der Waals surface area contributed by atoms with E-state index in [0.29, 0.717) is 18.8 Å². The lowest BCUT2D eigenvalue weighted by molar-refractivity contribution is 0.155. The number of carbonyl (C=O) groups is 1. The lowest BCUT2D eigenvalue weighted by atomic mass is 10.1. The summed E-state index contributed by atoms with van der Waals surface area (Å²) in [5.74, 6) is -0.00410. The molecule has 1 aliphatic heterocycles. The SMILES string of the molecule is O=C1OCC(c2cn(Cc3ccccc3)c(=O)o2)N1Cc1ccccc1. The van der Waals surface area contributed by atoms with Gasteiger partial charge in [-0.15, -0.1) is 0 Å². The molecule has 1 atom stereocenters. The Balaban J connectivity index is 1.57. The van der Waals surface area contributed by atoms with Crippen molar-refractivity contribution in [2.24, 2.45) is 0 Å². The molecule has 1 aromatic heterocycles. The quantitative estimate of drug-likeness (QED) is 0.709. The molecule has 6 nitrogen and oxygen atoms in total. The number of oxazole rings is 1. The van der Waals surface area contributed by atoms with Gasteiger partial charge in [0, 0.05) is 6.54 Å². The van der Waals surface area contributed by atoms with Gasteiger partial charge in [-0.2, -0.15) is 0 Å². The molecule has 2 aromatic carbocycles. The lowest BCUT2D eigenvalue weighted by Crippen LogP contribution is -2.26. The number of aromatic nitrogens is 1. The first-order chi connectivity index (χ1) is 12.7. The highest BCUT2D eigenvalue weighted by atomic mass is 16.6. The second-order valence-electron chi connectivity index (χ2n) is 6.22. The van der Waals surface area contributed by atoms with E-state index in [9.17, 15) is 9.59 Å². The molecule has 1 amide bonds. The zero-order valence-corrected chi connectivity index (χ0v) is 14.1. The van der Waals surface area contributed by atoms with E-state index in [-0.39, 0.29) is 6.61 Å². The predicted octanol–water partition coefficient (Wildman–Crippen LogP) is 3.18. The first kappa shape index (κ1) is 16.2. The van der Waals surface area contributed by atoms with Crippen LogP contribution >= 0.6 is 0 Å². The van der Waals surface area contributed by atoms with Crippen LogP contribution in [0.5, 0.6) is 0 Å². The zero-order valence-electron chi connectivity index (χ0n) is 14.1. The van der Waals surface area contributed by atoms with Gasteiger partial charge in [-0.05, 0) is 11.1 Å². The first-order valence-corrected chi connectivity index (χ1v) is 8.42. The predicted molar refractivity (Wildman–Crippen MR) is 94.6 cm³/mol. The van der Waals surface area contributed by atoms with Crippen LogP contribution in [0.25, 0.3) is 0 Å². The fourth-order valence-electron chi connectivity index (χ4n) is 3.08. The molecule has 1 unspecified atom stereocenters. The molecule has 0 N–H and O–H groups in total. The van der Waals surface area contributed by atoms with Gasteiger partial charge in [-0.1, -0.05) is 60.7 Å². The van der Waals surface area contributed by atoms with Crippen LogP contribution < -0.4 is 5.76 Å². The molecule has 26 heavy (non-hydrogen) atoms. The molecule has 0 spiro atoms. The average Bonchev–Trinajstić information content (AvgIpc) is 3.20. The van der Waals surface area contributed by atoms with Crippen LogP contribution in [0.4, 0.5) is 4.79 Å². The number of rotatable bonds is 5. The third-order valence-corrected chi connectivity index (χ3v) is 4.42. The number of hydrogen-bond acceptors (Lipinski definition) is 4. The van der Waals surface area contributed by atoms with E-state index in [1.165, 1.54) is 4.57 Å². The maximum Gasteiger partial charge on any atom is 0.419 e. The van der Waals surface area contributed by atoms with E-state index >= 15 is 0 Å². The number of nitrogens with zero attached hydrogens (tertiary/aromatic N) is 2. The van der Waals surface area contributed by atoms with Crippen LogP contribution in [0.15, 0.2) is 76.1 Å². The van der Waals surface area contributed by atoms with Gasteiger partial charge in [-0.3, -0.25) is 9.47 Å². The summed E-state index contributed by atoms with van der Waals surface area (Å²) in [6.07, 6.45) is 1.26. The van der Waals surface area contributed by atoms with Crippen molar-refractivity contribution < 1.29 is 13.9 Å². The summed E-state index contributed by atoms with van der Waals surface area (Å²) in [6.45, 7) is 0.991. The van der Waals surface area contributed by atoms with E-state index in [4.69, 9.17) is 9.15 Å². The summed E-state index contributed by atoms with van der Waals surface area (Å²) in [7, 11) is 0. The Morgan fingerprint density at radius 3 is 2.15 bits per heavy atom. The molecule has 0 radical (unpaired) electrons. The average molecular weight is 350 g/mol. The summed E-state index contributed by atoms with van der Waals surface area (Å²) in [5.41, 5.74) is 1.99. The van der Waals surface area contributed by atoms with E-state index in [1.807, 2.05) is 60.7 Å². The summed E-state index contributed by atoms with van der Waals surface area (Å²) < 4.78 is 12.1. The lowest BCUT2D eigenvalue weighted by Gasteiger charge is -2.19. The van der Waals surface area contributed by atoms with E-state index in [2.05, 4.69) is 0 Å². The van der Waals surface area contributed by atoms with Crippen LogP contribution in [0.3, 0.4) is 0 Å². The maximum absolute atomic E-state index is 12.2. The minimum absolute atomic E-state index is 0.171. The highest BCUT2D eigenvalue weighted by molar-refractivity contribution is 5.70. The molecule has 2 heterocycles. The van der Waals surface area contributed by atoms with Crippen LogP contribution in [-0.4, -0.2) is 22.2 Å². The maximum atomic E-state index is 12.2.